The molecule has 0 aliphatic carbocycles. The lowest BCUT2D eigenvalue weighted by atomic mass is 10.2. The van der Waals surface area contributed by atoms with Gasteiger partial charge in [0, 0.05) is 21.1 Å². The number of ether oxygens (including phenoxy) is 1. The van der Waals surface area contributed by atoms with E-state index < -0.39 is 11.6 Å². The summed E-state index contributed by atoms with van der Waals surface area (Å²) in [4.78, 5) is 0. The van der Waals surface area contributed by atoms with Crippen LogP contribution >= 0.6 is 31.9 Å². The van der Waals surface area contributed by atoms with Crippen molar-refractivity contribution in [3.63, 3.8) is 0 Å². The van der Waals surface area contributed by atoms with Crippen LogP contribution in [-0.2, 0) is 6.54 Å². The van der Waals surface area contributed by atoms with Gasteiger partial charge in [-0.3, -0.25) is 0 Å². The van der Waals surface area contributed by atoms with Crippen LogP contribution in [0.5, 0.6) is 11.5 Å². The summed E-state index contributed by atoms with van der Waals surface area (Å²) in [7, 11) is 0. The highest BCUT2D eigenvalue weighted by Gasteiger charge is 2.14. The number of hydrogen-bond acceptors (Lipinski definition) is 2. The molecule has 0 heterocycles. The van der Waals surface area contributed by atoms with Gasteiger partial charge >= 0.3 is 0 Å². The Kier molecular flexibility index (Phi) is 5.72. The molecule has 0 aromatic heterocycles. The van der Waals surface area contributed by atoms with Crippen molar-refractivity contribution in [1.29, 1.82) is 0 Å². The summed E-state index contributed by atoms with van der Waals surface area (Å²) in [5.74, 6) is -1.64. The molecule has 0 aliphatic heterocycles. The first kappa shape index (κ1) is 16.4. The summed E-state index contributed by atoms with van der Waals surface area (Å²) in [6.45, 7) is 3.37. The van der Waals surface area contributed by atoms with Gasteiger partial charge in [0.15, 0.2) is 11.6 Å². The quantitative estimate of drug-likeness (QED) is 0.654. The van der Waals surface area contributed by atoms with E-state index in [2.05, 4.69) is 37.2 Å². The van der Waals surface area contributed by atoms with Crippen LogP contribution < -0.4 is 10.1 Å². The van der Waals surface area contributed by atoms with E-state index in [9.17, 15) is 8.78 Å². The molecule has 21 heavy (non-hydrogen) atoms. The van der Waals surface area contributed by atoms with Crippen LogP contribution in [0.3, 0.4) is 0 Å². The van der Waals surface area contributed by atoms with Gasteiger partial charge in [0.05, 0.1) is 0 Å². The molecule has 0 atom stereocenters. The Hall–Kier alpha value is -0.980. The number of nitrogens with one attached hydrogen (secondary N) is 1. The SMILES string of the molecule is CCNCc1ccc(Br)cc1Oc1cc(Br)cc(F)c1F. The monoisotopic (exact) mass is 419 g/mol. The summed E-state index contributed by atoms with van der Waals surface area (Å²) < 4.78 is 34.0. The Balaban J connectivity index is 2.36. The van der Waals surface area contributed by atoms with Crippen molar-refractivity contribution in [2.75, 3.05) is 6.54 Å². The van der Waals surface area contributed by atoms with Crippen molar-refractivity contribution in [2.45, 2.75) is 13.5 Å². The Labute approximate surface area is 138 Å². The molecule has 0 saturated heterocycles. The Morgan fingerprint density at radius 3 is 2.48 bits per heavy atom. The zero-order valence-corrected chi connectivity index (χ0v) is 14.4. The molecular weight excluding hydrogens is 408 g/mol. The predicted molar refractivity (Wildman–Crippen MR) is 85.7 cm³/mol. The van der Waals surface area contributed by atoms with E-state index in [1.807, 2.05) is 19.1 Å². The van der Waals surface area contributed by atoms with Gasteiger partial charge in [-0.1, -0.05) is 44.8 Å². The first-order valence-electron chi connectivity index (χ1n) is 6.32. The van der Waals surface area contributed by atoms with E-state index in [1.165, 1.54) is 6.07 Å². The molecule has 2 nitrogen and oxygen atoms in total. The van der Waals surface area contributed by atoms with E-state index in [1.54, 1.807) is 6.07 Å². The Morgan fingerprint density at radius 1 is 1.05 bits per heavy atom. The lowest BCUT2D eigenvalue weighted by Gasteiger charge is -2.13. The number of hydrogen-bond donors (Lipinski definition) is 1. The molecule has 2 aromatic rings. The molecule has 0 bridgehead atoms. The van der Waals surface area contributed by atoms with Gasteiger partial charge in [-0.2, -0.15) is 4.39 Å². The molecular formula is C15H13Br2F2NO. The van der Waals surface area contributed by atoms with E-state index in [4.69, 9.17) is 4.74 Å². The van der Waals surface area contributed by atoms with E-state index in [0.717, 1.165) is 22.6 Å². The summed E-state index contributed by atoms with van der Waals surface area (Å²) in [6.07, 6.45) is 0. The van der Waals surface area contributed by atoms with Crippen LogP contribution in [0, 0.1) is 11.6 Å². The maximum Gasteiger partial charge on any atom is 0.201 e. The van der Waals surface area contributed by atoms with Crippen molar-refractivity contribution in [3.8, 4) is 11.5 Å². The fourth-order valence-corrected chi connectivity index (χ4v) is 2.50. The van der Waals surface area contributed by atoms with Crippen molar-refractivity contribution in [2.24, 2.45) is 0 Å². The van der Waals surface area contributed by atoms with Gasteiger partial charge in [-0.05, 0) is 30.8 Å². The minimum Gasteiger partial charge on any atom is -0.454 e. The summed E-state index contributed by atoms with van der Waals surface area (Å²) >= 11 is 6.47. The standard InChI is InChI=1S/C15H13Br2F2NO/c1-2-20-8-9-3-4-10(16)6-13(9)21-14-7-11(17)5-12(18)15(14)19/h3-7,20H,2,8H2,1H3. The van der Waals surface area contributed by atoms with Gasteiger partial charge in [0.2, 0.25) is 5.82 Å². The van der Waals surface area contributed by atoms with Gasteiger partial charge in [-0.15, -0.1) is 0 Å². The van der Waals surface area contributed by atoms with Crippen molar-refractivity contribution < 1.29 is 13.5 Å². The summed E-state index contributed by atoms with van der Waals surface area (Å²) in [6, 6.07) is 7.93. The minimum atomic E-state index is -1.01. The summed E-state index contributed by atoms with van der Waals surface area (Å²) in [5.41, 5.74) is 0.861. The fourth-order valence-electron chi connectivity index (χ4n) is 1.75. The second-order valence-electron chi connectivity index (χ2n) is 4.33. The molecule has 0 saturated carbocycles. The first-order valence-corrected chi connectivity index (χ1v) is 7.91. The second-order valence-corrected chi connectivity index (χ2v) is 6.17. The van der Waals surface area contributed by atoms with Gasteiger partial charge in [0.25, 0.3) is 0 Å². The molecule has 0 radical (unpaired) electrons. The predicted octanol–water partition coefficient (Wildman–Crippen LogP) is 5.39. The van der Waals surface area contributed by atoms with E-state index >= 15 is 0 Å². The smallest absolute Gasteiger partial charge is 0.201 e. The molecule has 0 unspecified atom stereocenters. The molecule has 0 aliphatic rings. The number of benzene rings is 2. The maximum absolute atomic E-state index is 13.8. The molecule has 0 amide bonds. The van der Waals surface area contributed by atoms with Crippen molar-refractivity contribution in [1.82, 2.24) is 5.32 Å². The Bertz CT molecular complexity index is 650. The van der Waals surface area contributed by atoms with Crippen LogP contribution in [0.4, 0.5) is 8.78 Å². The van der Waals surface area contributed by atoms with Crippen molar-refractivity contribution >= 4 is 31.9 Å². The topological polar surface area (TPSA) is 21.3 Å². The normalized spacial score (nSPS) is 10.7. The molecule has 112 valence electrons. The highest BCUT2D eigenvalue weighted by Crippen LogP contribution is 2.33. The van der Waals surface area contributed by atoms with Crippen LogP contribution in [0.25, 0.3) is 0 Å². The minimum absolute atomic E-state index is 0.155. The lowest BCUT2D eigenvalue weighted by molar-refractivity contribution is 0.411. The molecule has 2 rings (SSSR count). The van der Waals surface area contributed by atoms with Gasteiger partial charge in [-0.25, -0.2) is 4.39 Å². The van der Waals surface area contributed by atoms with Gasteiger partial charge in [0.1, 0.15) is 5.75 Å². The third kappa shape index (κ3) is 4.25. The zero-order chi connectivity index (χ0) is 15.4. The van der Waals surface area contributed by atoms with Crippen LogP contribution in [0.1, 0.15) is 12.5 Å². The average molecular weight is 421 g/mol. The Morgan fingerprint density at radius 2 is 1.76 bits per heavy atom. The zero-order valence-electron chi connectivity index (χ0n) is 11.2. The third-order valence-electron chi connectivity index (χ3n) is 2.77. The molecule has 1 N–H and O–H groups in total. The molecule has 0 spiro atoms. The van der Waals surface area contributed by atoms with Crippen molar-refractivity contribution in [3.05, 3.63) is 56.5 Å². The highest BCUT2D eigenvalue weighted by molar-refractivity contribution is 9.10. The number of rotatable bonds is 5. The number of halogens is 4. The first-order chi connectivity index (χ1) is 10.0. The average Bonchev–Trinajstić information content (AvgIpc) is 2.43. The lowest BCUT2D eigenvalue weighted by Crippen LogP contribution is -2.12. The van der Waals surface area contributed by atoms with E-state index in [0.29, 0.717) is 16.8 Å². The van der Waals surface area contributed by atoms with Crippen LogP contribution in [-0.4, -0.2) is 6.54 Å². The largest absolute Gasteiger partial charge is 0.454 e. The summed E-state index contributed by atoms with van der Waals surface area (Å²) in [5, 5.41) is 3.18. The van der Waals surface area contributed by atoms with Gasteiger partial charge < -0.3 is 10.1 Å². The highest BCUT2D eigenvalue weighted by atomic mass is 79.9. The molecule has 0 fully saturated rings. The second kappa shape index (κ2) is 7.33. The molecule has 6 heteroatoms. The third-order valence-corrected chi connectivity index (χ3v) is 3.73. The van der Waals surface area contributed by atoms with E-state index in [-0.39, 0.29) is 5.75 Å². The van der Waals surface area contributed by atoms with Crippen LogP contribution in [0.2, 0.25) is 0 Å². The maximum atomic E-state index is 13.8. The molecule has 2 aromatic carbocycles. The van der Waals surface area contributed by atoms with Crippen LogP contribution in [0.15, 0.2) is 39.3 Å². The fraction of sp³-hybridized carbons (Fsp3) is 0.200.